The molecule has 1 spiro atoms. The van der Waals surface area contributed by atoms with Crippen LogP contribution in [-0.4, -0.2) is 60.3 Å². The number of halogens is 1. The average molecular weight is 416 g/mol. The number of carbonyl (C=O) groups is 2. The molecule has 25 heavy (non-hydrogen) atoms. The molecule has 0 aromatic heterocycles. The van der Waals surface area contributed by atoms with Crippen LogP contribution in [0.2, 0.25) is 0 Å². The first-order valence-corrected chi connectivity index (χ1v) is 8.64. The molecule has 2 fully saturated rings. The van der Waals surface area contributed by atoms with Gasteiger partial charge in [-0.15, -0.1) is 0 Å². The molecular formula is C16H18BrNO7. The van der Waals surface area contributed by atoms with Crippen LogP contribution >= 0.6 is 15.9 Å². The topological polar surface area (TPSA) is 114 Å². The molecule has 2 saturated heterocycles. The number of rotatable bonds is 5. The van der Waals surface area contributed by atoms with Crippen molar-refractivity contribution in [3.63, 3.8) is 0 Å². The second-order valence-electron chi connectivity index (χ2n) is 5.96. The van der Waals surface area contributed by atoms with Crippen LogP contribution in [0.1, 0.15) is 33.6 Å². The van der Waals surface area contributed by atoms with E-state index in [2.05, 4.69) is 21.2 Å². The molecule has 1 aromatic rings. The number of hydrogen-bond donors (Lipinski definition) is 3. The average Bonchev–Trinajstić information content (AvgIpc) is 3.00. The van der Waals surface area contributed by atoms with Crippen LogP contribution in [0.3, 0.4) is 0 Å². The Labute approximate surface area is 152 Å². The van der Waals surface area contributed by atoms with Crippen molar-refractivity contribution in [2.45, 2.75) is 24.7 Å². The van der Waals surface area contributed by atoms with Crippen molar-refractivity contribution in [3.05, 3.63) is 27.7 Å². The third kappa shape index (κ3) is 3.95. The summed E-state index contributed by atoms with van der Waals surface area (Å²) in [6.07, 6.45) is 1.40. The number of ether oxygens (including phenoxy) is 3. The largest absolute Gasteiger partial charge is 0.491 e. The molecule has 0 radical (unpaired) electrons. The van der Waals surface area contributed by atoms with Gasteiger partial charge in [0.15, 0.2) is 5.79 Å². The lowest BCUT2D eigenvalue weighted by Gasteiger charge is -2.36. The smallest absolute Gasteiger partial charge is 0.336 e. The zero-order valence-electron chi connectivity index (χ0n) is 13.3. The Hall–Kier alpha value is -1.68. The monoisotopic (exact) mass is 415 g/mol. The first kappa shape index (κ1) is 18.1. The van der Waals surface area contributed by atoms with Gasteiger partial charge in [-0.25, -0.2) is 9.59 Å². The van der Waals surface area contributed by atoms with E-state index in [9.17, 15) is 14.7 Å². The van der Waals surface area contributed by atoms with E-state index in [-0.39, 0.29) is 29.5 Å². The van der Waals surface area contributed by atoms with E-state index in [0.717, 1.165) is 13.0 Å². The molecule has 8 nitrogen and oxygen atoms in total. The van der Waals surface area contributed by atoms with Crippen LogP contribution in [0.5, 0.6) is 5.75 Å². The van der Waals surface area contributed by atoms with E-state index in [4.69, 9.17) is 19.3 Å². The summed E-state index contributed by atoms with van der Waals surface area (Å²) in [5, 5.41) is 21.6. The SMILES string of the molecule is O=C(O)c1cc(Br)c(OCC2CC3(CCN2)OCCO3)cc1C(=O)O. The molecule has 2 aliphatic rings. The molecule has 3 rings (SSSR count). The van der Waals surface area contributed by atoms with Crippen molar-refractivity contribution in [1.29, 1.82) is 0 Å². The normalized spacial score (nSPS) is 22.0. The zero-order chi connectivity index (χ0) is 18.0. The molecule has 0 bridgehead atoms. The molecule has 2 aliphatic heterocycles. The molecule has 1 atom stereocenters. The fourth-order valence-corrected chi connectivity index (χ4v) is 3.56. The summed E-state index contributed by atoms with van der Waals surface area (Å²) >= 11 is 3.23. The van der Waals surface area contributed by atoms with Crippen molar-refractivity contribution in [2.75, 3.05) is 26.4 Å². The van der Waals surface area contributed by atoms with E-state index >= 15 is 0 Å². The van der Waals surface area contributed by atoms with Crippen LogP contribution in [0, 0.1) is 0 Å². The molecule has 0 aliphatic carbocycles. The minimum atomic E-state index is -1.32. The van der Waals surface area contributed by atoms with Crippen LogP contribution in [0.4, 0.5) is 0 Å². The third-order valence-electron chi connectivity index (χ3n) is 4.28. The molecule has 1 aromatic carbocycles. The number of hydrogen-bond acceptors (Lipinski definition) is 6. The summed E-state index contributed by atoms with van der Waals surface area (Å²) in [7, 11) is 0. The first-order valence-electron chi connectivity index (χ1n) is 7.84. The van der Waals surface area contributed by atoms with E-state index in [0.29, 0.717) is 24.1 Å². The lowest BCUT2D eigenvalue weighted by molar-refractivity contribution is -0.181. The summed E-state index contributed by atoms with van der Waals surface area (Å²) in [6.45, 7) is 2.17. The molecular weight excluding hydrogens is 398 g/mol. The quantitative estimate of drug-likeness (QED) is 0.665. The Morgan fingerprint density at radius 2 is 1.88 bits per heavy atom. The van der Waals surface area contributed by atoms with E-state index in [1.165, 1.54) is 12.1 Å². The predicted molar refractivity (Wildman–Crippen MR) is 89.2 cm³/mol. The van der Waals surface area contributed by atoms with E-state index < -0.39 is 17.7 Å². The van der Waals surface area contributed by atoms with E-state index in [1.807, 2.05) is 0 Å². The Morgan fingerprint density at radius 3 is 2.52 bits per heavy atom. The number of nitrogens with one attached hydrogen (secondary N) is 1. The predicted octanol–water partition coefficient (Wildman–Crippen LogP) is 1.72. The second-order valence-corrected chi connectivity index (χ2v) is 6.82. The van der Waals surface area contributed by atoms with Crippen molar-refractivity contribution >= 4 is 27.9 Å². The maximum atomic E-state index is 11.3. The van der Waals surface area contributed by atoms with Gasteiger partial charge in [0, 0.05) is 25.4 Å². The first-order chi connectivity index (χ1) is 11.9. The Kier molecular flexibility index (Phi) is 5.28. The van der Waals surface area contributed by atoms with Crippen LogP contribution in [0.25, 0.3) is 0 Å². The van der Waals surface area contributed by atoms with Crippen molar-refractivity contribution in [3.8, 4) is 5.75 Å². The fraction of sp³-hybridized carbons (Fsp3) is 0.500. The highest BCUT2D eigenvalue weighted by Crippen LogP contribution is 2.33. The fourth-order valence-electron chi connectivity index (χ4n) is 3.10. The number of aromatic carboxylic acids is 2. The number of carboxylic acid groups (broad SMARTS) is 2. The van der Waals surface area contributed by atoms with Crippen molar-refractivity contribution < 1.29 is 34.0 Å². The number of benzene rings is 1. The van der Waals surface area contributed by atoms with Crippen LogP contribution in [-0.2, 0) is 9.47 Å². The van der Waals surface area contributed by atoms with Gasteiger partial charge in [0.1, 0.15) is 12.4 Å². The van der Waals surface area contributed by atoms with Gasteiger partial charge >= 0.3 is 11.9 Å². The molecule has 2 heterocycles. The molecule has 136 valence electrons. The van der Waals surface area contributed by atoms with Gasteiger partial charge in [-0.1, -0.05) is 0 Å². The maximum Gasteiger partial charge on any atom is 0.336 e. The number of carboxylic acids is 2. The Bertz CT molecular complexity index is 687. The third-order valence-corrected chi connectivity index (χ3v) is 4.90. The molecule has 0 saturated carbocycles. The molecule has 0 amide bonds. The lowest BCUT2D eigenvalue weighted by Crippen LogP contribution is -2.51. The van der Waals surface area contributed by atoms with Gasteiger partial charge in [0.2, 0.25) is 0 Å². The Balaban J connectivity index is 1.71. The van der Waals surface area contributed by atoms with Crippen LogP contribution in [0.15, 0.2) is 16.6 Å². The summed E-state index contributed by atoms with van der Waals surface area (Å²) < 4.78 is 17.5. The zero-order valence-corrected chi connectivity index (χ0v) is 14.9. The highest BCUT2D eigenvalue weighted by molar-refractivity contribution is 9.10. The lowest BCUT2D eigenvalue weighted by atomic mass is 9.98. The maximum absolute atomic E-state index is 11.3. The van der Waals surface area contributed by atoms with Crippen molar-refractivity contribution in [2.24, 2.45) is 0 Å². The highest BCUT2D eigenvalue weighted by atomic mass is 79.9. The van der Waals surface area contributed by atoms with Gasteiger partial charge in [-0.3, -0.25) is 0 Å². The van der Waals surface area contributed by atoms with Gasteiger partial charge in [0.05, 0.1) is 28.8 Å². The van der Waals surface area contributed by atoms with Crippen molar-refractivity contribution in [1.82, 2.24) is 5.32 Å². The standard InChI is InChI=1S/C16H18BrNO7/c17-12-5-10(14(19)20)11(15(21)22)6-13(12)23-8-9-7-16(1-2-18-9)24-3-4-25-16/h5-6,9,18H,1-4,7-8H2,(H,19,20)(H,21,22). The minimum absolute atomic E-state index is 0.0221. The number of piperidine rings is 1. The van der Waals surface area contributed by atoms with Crippen LogP contribution < -0.4 is 10.1 Å². The van der Waals surface area contributed by atoms with E-state index in [1.54, 1.807) is 0 Å². The summed E-state index contributed by atoms with van der Waals surface area (Å²) in [6, 6.07) is 2.43. The van der Waals surface area contributed by atoms with Gasteiger partial charge < -0.3 is 29.7 Å². The second kappa shape index (κ2) is 7.28. The molecule has 3 N–H and O–H groups in total. The molecule has 1 unspecified atom stereocenters. The Morgan fingerprint density at radius 1 is 1.24 bits per heavy atom. The minimum Gasteiger partial charge on any atom is -0.491 e. The van der Waals surface area contributed by atoms with Gasteiger partial charge in [-0.2, -0.15) is 0 Å². The van der Waals surface area contributed by atoms with Gasteiger partial charge in [0.25, 0.3) is 0 Å². The molecule has 9 heteroatoms. The van der Waals surface area contributed by atoms with Gasteiger partial charge in [-0.05, 0) is 28.1 Å². The summed E-state index contributed by atoms with van der Waals surface area (Å²) in [4.78, 5) is 22.5. The highest BCUT2D eigenvalue weighted by Gasteiger charge is 2.41. The summed E-state index contributed by atoms with van der Waals surface area (Å²) in [5.74, 6) is -2.92. The summed E-state index contributed by atoms with van der Waals surface area (Å²) in [5.41, 5.74) is -0.615.